The number of ether oxygens (including phenoxy) is 2. The maximum Gasteiger partial charge on any atom is 0.353 e. The van der Waals surface area contributed by atoms with Gasteiger partial charge in [-0.15, -0.1) is 11.3 Å². The summed E-state index contributed by atoms with van der Waals surface area (Å²) in [7, 11) is 1.60. The number of fused-ring (bicyclic) bond motifs is 1. The number of esters is 1. The molecule has 0 bridgehead atoms. The maximum absolute atomic E-state index is 12.1. The number of rotatable bonds is 3. The topological polar surface area (TPSA) is 35.5 Å². The van der Waals surface area contributed by atoms with Crippen LogP contribution in [0.25, 0.3) is 10.1 Å². The highest BCUT2D eigenvalue weighted by Gasteiger charge is 2.12. The molecule has 2 aromatic carbocycles. The van der Waals surface area contributed by atoms with Gasteiger partial charge in [-0.2, -0.15) is 0 Å². The fourth-order valence-electron chi connectivity index (χ4n) is 1.88. The highest BCUT2D eigenvalue weighted by molar-refractivity contribution is 7.20. The van der Waals surface area contributed by atoms with Crippen LogP contribution >= 0.6 is 11.3 Å². The van der Waals surface area contributed by atoms with E-state index in [1.807, 2.05) is 30.3 Å². The van der Waals surface area contributed by atoms with Gasteiger partial charge < -0.3 is 9.47 Å². The number of carbonyl (C=O) groups excluding carboxylic acids is 1. The van der Waals surface area contributed by atoms with Crippen LogP contribution in [-0.2, 0) is 0 Å². The fraction of sp³-hybridized carbons (Fsp3) is 0.0625. The Morgan fingerprint density at radius 2 is 1.70 bits per heavy atom. The highest BCUT2D eigenvalue weighted by Crippen LogP contribution is 2.26. The van der Waals surface area contributed by atoms with Crippen molar-refractivity contribution >= 4 is 27.4 Å². The SMILES string of the molecule is COc1ccc(OC(=O)c2cc3ccccc3s2)cc1. The molecule has 0 unspecified atom stereocenters. The van der Waals surface area contributed by atoms with E-state index >= 15 is 0 Å². The molecule has 0 spiro atoms. The molecule has 100 valence electrons. The van der Waals surface area contributed by atoms with Crippen LogP contribution in [-0.4, -0.2) is 13.1 Å². The molecule has 0 saturated heterocycles. The molecule has 1 heterocycles. The normalized spacial score (nSPS) is 10.4. The molecule has 3 rings (SSSR count). The lowest BCUT2D eigenvalue weighted by molar-refractivity contribution is 0.0740. The summed E-state index contributed by atoms with van der Waals surface area (Å²) in [5.41, 5.74) is 0. The van der Waals surface area contributed by atoms with Gasteiger partial charge in [-0.1, -0.05) is 18.2 Å². The van der Waals surface area contributed by atoms with E-state index in [9.17, 15) is 4.79 Å². The Morgan fingerprint density at radius 1 is 1.00 bits per heavy atom. The largest absolute Gasteiger partial charge is 0.497 e. The second-order valence-corrected chi connectivity index (χ2v) is 5.30. The van der Waals surface area contributed by atoms with Crippen molar-refractivity contribution in [3.8, 4) is 11.5 Å². The van der Waals surface area contributed by atoms with Crippen molar-refractivity contribution < 1.29 is 14.3 Å². The molecule has 0 aliphatic heterocycles. The molecule has 4 heteroatoms. The first-order valence-corrected chi connectivity index (χ1v) is 6.93. The highest BCUT2D eigenvalue weighted by atomic mass is 32.1. The van der Waals surface area contributed by atoms with Gasteiger partial charge in [-0.05, 0) is 41.8 Å². The lowest BCUT2D eigenvalue weighted by Gasteiger charge is -2.03. The van der Waals surface area contributed by atoms with E-state index in [0.717, 1.165) is 15.8 Å². The van der Waals surface area contributed by atoms with Crippen molar-refractivity contribution in [2.24, 2.45) is 0 Å². The van der Waals surface area contributed by atoms with E-state index in [2.05, 4.69) is 0 Å². The van der Waals surface area contributed by atoms with Gasteiger partial charge in [0.25, 0.3) is 0 Å². The van der Waals surface area contributed by atoms with E-state index in [1.54, 1.807) is 31.4 Å². The van der Waals surface area contributed by atoms with E-state index in [-0.39, 0.29) is 5.97 Å². The predicted octanol–water partition coefficient (Wildman–Crippen LogP) is 4.13. The summed E-state index contributed by atoms with van der Waals surface area (Å²) in [6, 6.07) is 16.7. The summed E-state index contributed by atoms with van der Waals surface area (Å²) in [6.45, 7) is 0. The van der Waals surface area contributed by atoms with Gasteiger partial charge in [0, 0.05) is 4.70 Å². The van der Waals surface area contributed by atoms with Crippen LogP contribution < -0.4 is 9.47 Å². The summed E-state index contributed by atoms with van der Waals surface area (Å²) < 4.78 is 11.5. The third kappa shape index (κ3) is 2.51. The first kappa shape index (κ1) is 12.7. The van der Waals surface area contributed by atoms with Crippen molar-refractivity contribution in [3.05, 3.63) is 59.5 Å². The van der Waals surface area contributed by atoms with E-state index < -0.39 is 0 Å². The van der Waals surface area contributed by atoms with Gasteiger partial charge in [0.1, 0.15) is 16.4 Å². The number of carbonyl (C=O) groups is 1. The average Bonchev–Trinajstić information content (AvgIpc) is 2.92. The summed E-state index contributed by atoms with van der Waals surface area (Å²) in [6.07, 6.45) is 0. The molecule has 0 aliphatic carbocycles. The van der Waals surface area contributed by atoms with Crippen molar-refractivity contribution in [1.82, 2.24) is 0 Å². The van der Waals surface area contributed by atoms with Crippen LogP contribution in [0.5, 0.6) is 11.5 Å². The molecule has 0 N–H and O–H groups in total. The molecule has 3 aromatic rings. The van der Waals surface area contributed by atoms with Crippen molar-refractivity contribution in [2.75, 3.05) is 7.11 Å². The Bertz CT molecular complexity index is 711. The van der Waals surface area contributed by atoms with E-state index in [4.69, 9.17) is 9.47 Å². The van der Waals surface area contributed by atoms with Crippen LogP contribution in [0.2, 0.25) is 0 Å². The zero-order valence-electron chi connectivity index (χ0n) is 10.8. The van der Waals surface area contributed by atoms with E-state index in [1.165, 1.54) is 11.3 Å². The Hall–Kier alpha value is -2.33. The smallest absolute Gasteiger partial charge is 0.353 e. The molecule has 0 aliphatic rings. The minimum atomic E-state index is -0.337. The van der Waals surface area contributed by atoms with Gasteiger partial charge in [-0.25, -0.2) is 4.79 Å². The molecule has 0 fully saturated rings. The van der Waals surface area contributed by atoms with Crippen LogP contribution in [0.1, 0.15) is 9.67 Å². The number of methoxy groups -OCH3 is 1. The molecule has 20 heavy (non-hydrogen) atoms. The first-order valence-electron chi connectivity index (χ1n) is 6.11. The summed E-state index contributed by atoms with van der Waals surface area (Å²) in [4.78, 5) is 12.7. The van der Waals surface area contributed by atoms with Gasteiger partial charge in [0.2, 0.25) is 0 Å². The van der Waals surface area contributed by atoms with Crippen LogP contribution in [0.15, 0.2) is 54.6 Å². The standard InChI is InChI=1S/C16H12O3S/c1-18-12-6-8-13(9-7-12)19-16(17)15-10-11-4-2-3-5-14(11)20-15/h2-10H,1H3. The quantitative estimate of drug-likeness (QED) is 0.536. The lowest BCUT2D eigenvalue weighted by Crippen LogP contribution is -2.06. The summed E-state index contributed by atoms with van der Waals surface area (Å²) in [5, 5.41) is 1.05. The molecule has 1 aromatic heterocycles. The third-order valence-corrected chi connectivity index (χ3v) is 3.99. The number of hydrogen-bond acceptors (Lipinski definition) is 4. The Kier molecular flexibility index (Phi) is 3.39. The van der Waals surface area contributed by atoms with Crippen molar-refractivity contribution in [3.63, 3.8) is 0 Å². The van der Waals surface area contributed by atoms with Crippen molar-refractivity contribution in [2.45, 2.75) is 0 Å². The number of thiophene rings is 1. The maximum atomic E-state index is 12.1. The second-order valence-electron chi connectivity index (χ2n) is 4.21. The minimum Gasteiger partial charge on any atom is -0.497 e. The van der Waals surface area contributed by atoms with Crippen LogP contribution in [0.3, 0.4) is 0 Å². The molecule has 0 amide bonds. The zero-order chi connectivity index (χ0) is 13.9. The minimum absolute atomic E-state index is 0.337. The Morgan fingerprint density at radius 3 is 2.40 bits per heavy atom. The van der Waals surface area contributed by atoms with Crippen LogP contribution in [0, 0.1) is 0 Å². The van der Waals surface area contributed by atoms with Gasteiger partial charge >= 0.3 is 5.97 Å². The Balaban J connectivity index is 1.81. The van der Waals surface area contributed by atoms with E-state index in [0.29, 0.717) is 10.6 Å². The third-order valence-electron chi connectivity index (χ3n) is 2.90. The molecule has 0 atom stereocenters. The molecule has 0 radical (unpaired) electrons. The molecule has 0 saturated carbocycles. The molecular weight excluding hydrogens is 272 g/mol. The molecular formula is C16H12O3S. The van der Waals surface area contributed by atoms with Gasteiger partial charge in [0.05, 0.1) is 7.11 Å². The van der Waals surface area contributed by atoms with Crippen LogP contribution in [0.4, 0.5) is 0 Å². The average molecular weight is 284 g/mol. The predicted molar refractivity (Wildman–Crippen MR) is 79.8 cm³/mol. The second kappa shape index (κ2) is 5.35. The van der Waals surface area contributed by atoms with Crippen molar-refractivity contribution in [1.29, 1.82) is 0 Å². The zero-order valence-corrected chi connectivity index (χ0v) is 11.6. The molecule has 3 nitrogen and oxygen atoms in total. The van der Waals surface area contributed by atoms with Gasteiger partial charge in [0.15, 0.2) is 0 Å². The number of benzene rings is 2. The lowest BCUT2D eigenvalue weighted by atomic mass is 10.2. The Labute approximate surface area is 120 Å². The summed E-state index contributed by atoms with van der Waals surface area (Å²) in [5.74, 6) is 0.899. The number of hydrogen-bond donors (Lipinski definition) is 0. The monoisotopic (exact) mass is 284 g/mol. The first-order chi connectivity index (χ1) is 9.76. The van der Waals surface area contributed by atoms with Gasteiger partial charge in [-0.3, -0.25) is 0 Å². The fourth-order valence-corrected chi connectivity index (χ4v) is 2.82. The summed E-state index contributed by atoms with van der Waals surface area (Å²) >= 11 is 1.43.